The first-order chi connectivity index (χ1) is 16.7. The van der Waals surface area contributed by atoms with Crippen LogP contribution in [0.15, 0.2) is 72.8 Å². The maximum atomic E-state index is 13.4. The van der Waals surface area contributed by atoms with Gasteiger partial charge in [-0.2, -0.15) is 0 Å². The maximum Gasteiger partial charge on any atom is 0.573 e. The number of allylic oxidation sites excluding steroid dienone is 4. The number of hydrogen-bond donors (Lipinski definition) is 1. The SMILES string of the molecule is C=CC1CN(C2=CN3C(=O)C=C(c4ccc(OC)c(OC(F)(F)F)c4)C(C)CC=C3C=C2)CCN1. The average Bonchev–Trinajstić information content (AvgIpc) is 2.84. The number of halogens is 3. The molecule has 1 saturated heterocycles. The number of hydrogen-bond acceptors (Lipinski definition) is 5. The molecule has 0 spiro atoms. The molecule has 3 aliphatic heterocycles. The van der Waals surface area contributed by atoms with Crippen LogP contribution in [0.2, 0.25) is 0 Å². The number of amides is 1. The summed E-state index contributed by atoms with van der Waals surface area (Å²) >= 11 is 0. The van der Waals surface area contributed by atoms with E-state index in [4.69, 9.17) is 4.74 Å². The third kappa shape index (κ3) is 5.62. The number of piperazine rings is 1. The standard InChI is InChI=1S/C26H28F3N3O3/c1-4-19-15-31(12-11-30-19)21-9-8-20-7-5-17(2)22(14-25(33)32(20)16-21)18-6-10-23(34-3)24(13-18)35-26(27,28)29/h4,6-10,13-14,16-17,19,30H,1,5,11-12,15H2,2-3H3. The lowest BCUT2D eigenvalue weighted by molar-refractivity contribution is -0.275. The van der Waals surface area contributed by atoms with Gasteiger partial charge in [0.05, 0.1) is 12.8 Å². The number of carbonyl (C=O) groups is 1. The largest absolute Gasteiger partial charge is 0.573 e. The summed E-state index contributed by atoms with van der Waals surface area (Å²) in [5.41, 5.74) is 2.78. The molecule has 6 nitrogen and oxygen atoms in total. The Morgan fingerprint density at radius 3 is 2.69 bits per heavy atom. The molecule has 186 valence electrons. The van der Waals surface area contributed by atoms with Crippen molar-refractivity contribution in [1.29, 1.82) is 0 Å². The van der Waals surface area contributed by atoms with Crippen LogP contribution in [-0.2, 0) is 4.79 Å². The highest BCUT2D eigenvalue weighted by atomic mass is 19.4. The van der Waals surface area contributed by atoms with Crippen molar-refractivity contribution in [2.24, 2.45) is 5.92 Å². The molecular formula is C26H28F3N3O3. The quantitative estimate of drug-likeness (QED) is 0.616. The number of alkyl halides is 3. The Balaban J connectivity index is 1.65. The average molecular weight is 488 g/mol. The first-order valence-electron chi connectivity index (χ1n) is 11.4. The topological polar surface area (TPSA) is 54.0 Å². The molecule has 1 aromatic carbocycles. The number of nitrogens with zero attached hydrogens (tertiary/aromatic N) is 2. The molecule has 0 bridgehead atoms. The fraction of sp³-hybridized carbons (Fsp3) is 0.346. The van der Waals surface area contributed by atoms with Gasteiger partial charge in [-0.1, -0.05) is 25.1 Å². The Morgan fingerprint density at radius 1 is 1.20 bits per heavy atom. The Bertz CT molecular complexity index is 1120. The van der Waals surface area contributed by atoms with Gasteiger partial charge in [-0.15, -0.1) is 19.8 Å². The van der Waals surface area contributed by atoms with E-state index in [1.165, 1.54) is 25.3 Å². The van der Waals surface area contributed by atoms with Crippen molar-refractivity contribution in [1.82, 2.24) is 15.1 Å². The second-order valence-electron chi connectivity index (χ2n) is 8.62. The molecule has 4 rings (SSSR count). The summed E-state index contributed by atoms with van der Waals surface area (Å²) in [6.45, 7) is 8.14. The van der Waals surface area contributed by atoms with Crippen LogP contribution in [0.3, 0.4) is 0 Å². The summed E-state index contributed by atoms with van der Waals surface area (Å²) in [6, 6.07) is 4.48. The number of ether oxygens (including phenoxy) is 2. The zero-order valence-corrected chi connectivity index (χ0v) is 19.6. The van der Waals surface area contributed by atoms with Crippen molar-refractivity contribution in [2.45, 2.75) is 25.7 Å². The van der Waals surface area contributed by atoms with E-state index >= 15 is 0 Å². The van der Waals surface area contributed by atoms with Gasteiger partial charge in [0.1, 0.15) is 0 Å². The Hall–Kier alpha value is -3.46. The number of benzene rings is 1. The Morgan fingerprint density at radius 2 is 1.97 bits per heavy atom. The first kappa shape index (κ1) is 24.7. The fourth-order valence-electron chi connectivity index (χ4n) is 4.41. The highest BCUT2D eigenvalue weighted by Gasteiger charge is 2.33. The monoisotopic (exact) mass is 487 g/mol. The van der Waals surface area contributed by atoms with E-state index in [0.717, 1.165) is 31.0 Å². The summed E-state index contributed by atoms with van der Waals surface area (Å²) < 4.78 is 48.0. The predicted molar refractivity (Wildman–Crippen MR) is 127 cm³/mol. The lowest BCUT2D eigenvalue weighted by Crippen LogP contribution is -2.49. The van der Waals surface area contributed by atoms with Gasteiger partial charge in [0.2, 0.25) is 0 Å². The van der Waals surface area contributed by atoms with E-state index in [0.29, 0.717) is 17.6 Å². The van der Waals surface area contributed by atoms with Gasteiger partial charge < -0.3 is 19.7 Å². The molecule has 0 saturated carbocycles. The van der Waals surface area contributed by atoms with Crippen LogP contribution in [-0.4, -0.2) is 54.9 Å². The number of fused-ring (bicyclic) bond motifs is 1. The Labute approximate surface area is 202 Å². The van der Waals surface area contributed by atoms with E-state index in [1.807, 2.05) is 37.4 Å². The van der Waals surface area contributed by atoms with E-state index in [9.17, 15) is 18.0 Å². The molecule has 0 radical (unpaired) electrons. The highest BCUT2D eigenvalue weighted by Crippen LogP contribution is 2.38. The molecule has 1 aromatic rings. The van der Waals surface area contributed by atoms with Gasteiger partial charge in [0.15, 0.2) is 11.5 Å². The lowest BCUT2D eigenvalue weighted by Gasteiger charge is -2.37. The molecule has 1 N–H and O–H groups in total. The van der Waals surface area contributed by atoms with Crippen LogP contribution in [0, 0.1) is 5.92 Å². The van der Waals surface area contributed by atoms with E-state index in [-0.39, 0.29) is 23.6 Å². The smallest absolute Gasteiger partial charge is 0.493 e. The van der Waals surface area contributed by atoms with Gasteiger partial charge in [-0.3, -0.25) is 9.69 Å². The van der Waals surface area contributed by atoms with Crippen molar-refractivity contribution in [2.75, 3.05) is 26.7 Å². The van der Waals surface area contributed by atoms with Crippen molar-refractivity contribution in [3.05, 3.63) is 78.3 Å². The number of carbonyl (C=O) groups excluding carboxylic acids is 1. The molecule has 1 amide bonds. The summed E-state index contributed by atoms with van der Waals surface area (Å²) in [5, 5.41) is 3.37. The van der Waals surface area contributed by atoms with Gasteiger partial charge in [-0.05, 0) is 47.8 Å². The predicted octanol–water partition coefficient (Wildman–Crippen LogP) is 4.60. The molecule has 3 aliphatic rings. The molecule has 3 heterocycles. The van der Waals surface area contributed by atoms with E-state index < -0.39 is 12.1 Å². The summed E-state index contributed by atoms with van der Waals surface area (Å²) in [6.07, 6.45) is 6.81. The first-order valence-corrected chi connectivity index (χ1v) is 11.4. The summed E-state index contributed by atoms with van der Waals surface area (Å²) in [7, 11) is 1.27. The number of nitrogens with one attached hydrogen (secondary N) is 1. The molecule has 1 fully saturated rings. The van der Waals surface area contributed by atoms with Crippen LogP contribution in [0.4, 0.5) is 13.2 Å². The Kier molecular flexibility index (Phi) is 7.07. The van der Waals surface area contributed by atoms with Crippen molar-refractivity contribution >= 4 is 11.5 Å². The zero-order valence-electron chi connectivity index (χ0n) is 19.6. The molecule has 2 atom stereocenters. The fourth-order valence-corrected chi connectivity index (χ4v) is 4.41. The van der Waals surface area contributed by atoms with Crippen molar-refractivity contribution in [3.63, 3.8) is 0 Å². The van der Waals surface area contributed by atoms with Crippen molar-refractivity contribution < 1.29 is 27.4 Å². The van der Waals surface area contributed by atoms with Crippen molar-refractivity contribution in [3.8, 4) is 11.5 Å². The van der Waals surface area contributed by atoms with E-state index in [2.05, 4.69) is 21.5 Å². The van der Waals surface area contributed by atoms with Crippen LogP contribution < -0.4 is 14.8 Å². The third-order valence-electron chi connectivity index (χ3n) is 6.27. The highest BCUT2D eigenvalue weighted by molar-refractivity contribution is 5.98. The normalized spacial score (nSPS) is 22.9. The zero-order chi connectivity index (χ0) is 25.2. The minimum atomic E-state index is -4.86. The lowest BCUT2D eigenvalue weighted by atomic mass is 9.89. The van der Waals surface area contributed by atoms with Gasteiger partial charge in [0.25, 0.3) is 5.91 Å². The summed E-state index contributed by atoms with van der Waals surface area (Å²) in [4.78, 5) is 17.1. The number of rotatable bonds is 5. The molecule has 0 aliphatic carbocycles. The van der Waals surface area contributed by atoms with E-state index in [1.54, 1.807) is 11.0 Å². The van der Waals surface area contributed by atoms with Crippen LogP contribution in [0.1, 0.15) is 18.9 Å². The van der Waals surface area contributed by atoms with Crippen LogP contribution >= 0.6 is 0 Å². The second kappa shape index (κ2) is 10.0. The maximum absolute atomic E-state index is 13.4. The molecule has 35 heavy (non-hydrogen) atoms. The number of methoxy groups -OCH3 is 1. The second-order valence-corrected chi connectivity index (χ2v) is 8.62. The van der Waals surface area contributed by atoms with Gasteiger partial charge in [-0.25, -0.2) is 0 Å². The summed E-state index contributed by atoms with van der Waals surface area (Å²) in [5.74, 6) is -0.874. The van der Waals surface area contributed by atoms with Crippen LogP contribution in [0.5, 0.6) is 11.5 Å². The van der Waals surface area contributed by atoms with Gasteiger partial charge >= 0.3 is 6.36 Å². The van der Waals surface area contributed by atoms with Crippen LogP contribution in [0.25, 0.3) is 5.57 Å². The minimum Gasteiger partial charge on any atom is -0.493 e. The van der Waals surface area contributed by atoms with Gasteiger partial charge in [0, 0.05) is 43.6 Å². The molecule has 0 aromatic heterocycles. The minimum absolute atomic E-state index is 0.0405. The molecule has 9 heteroatoms. The molecule has 2 unspecified atom stereocenters. The molecular weight excluding hydrogens is 459 g/mol. The third-order valence-corrected chi connectivity index (χ3v) is 6.27.